The molecule has 31 heavy (non-hydrogen) atoms. The molecule has 0 radical (unpaired) electrons. The molecule has 4 aliphatic carbocycles. The van der Waals surface area contributed by atoms with E-state index in [2.05, 4.69) is 11.0 Å². The molecule has 7 rings (SSSR count). The van der Waals surface area contributed by atoms with Crippen molar-refractivity contribution in [3.8, 4) is 5.75 Å². The highest BCUT2D eigenvalue weighted by molar-refractivity contribution is 6.01. The van der Waals surface area contributed by atoms with Crippen LogP contribution in [0.4, 0.5) is 0 Å². The molecule has 4 heteroatoms. The lowest BCUT2D eigenvalue weighted by atomic mass is 9.49. The van der Waals surface area contributed by atoms with Gasteiger partial charge in [-0.3, -0.25) is 9.59 Å². The van der Waals surface area contributed by atoms with Crippen molar-refractivity contribution in [3.05, 3.63) is 28.8 Å². The molecule has 0 unspecified atom stereocenters. The normalized spacial score (nSPS) is 35.2. The van der Waals surface area contributed by atoms with E-state index >= 15 is 0 Å². The van der Waals surface area contributed by atoms with Gasteiger partial charge in [0.1, 0.15) is 11.4 Å². The maximum absolute atomic E-state index is 13.3. The minimum atomic E-state index is -0.429. The first-order valence-electron chi connectivity index (χ1n) is 12.4. The third kappa shape index (κ3) is 3.32. The number of Topliss-reactive ketones (excluding diaryl/α,β-unsaturated/α-hetero) is 1. The van der Waals surface area contributed by atoms with Crippen LogP contribution in [-0.2, 0) is 4.79 Å². The first-order valence-corrected chi connectivity index (χ1v) is 12.4. The van der Waals surface area contributed by atoms with Gasteiger partial charge >= 0.3 is 0 Å². The van der Waals surface area contributed by atoms with E-state index in [1.54, 1.807) is 0 Å². The van der Waals surface area contributed by atoms with E-state index in [0.717, 1.165) is 72.5 Å². The number of benzene rings is 1. The molecule has 6 aliphatic rings. The Morgan fingerprint density at radius 3 is 2.26 bits per heavy atom. The Balaban J connectivity index is 1.13. The average Bonchev–Trinajstić information content (AvgIpc) is 2.68. The number of ether oxygens (including phenoxy) is 1. The Morgan fingerprint density at radius 2 is 1.65 bits per heavy atom. The van der Waals surface area contributed by atoms with Gasteiger partial charge in [0.05, 0.1) is 12.0 Å². The van der Waals surface area contributed by atoms with Gasteiger partial charge in [-0.25, -0.2) is 0 Å². The van der Waals surface area contributed by atoms with Crippen LogP contribution < -0.4 is 4.74 Å². The Labute approximate surface area is 185 Å². The van der Waals surface area contributed by atoms with E-state index in [1.807, 2.05) is 19.9 Å². The average molecular weight is 422 g/mol. The van der Waals surface area contributed by atoms with E-state index in [0.29, 0.717) is 17.7 Å². The maximum Gasteiger partial charge on any atom is 0.223 e. The Bertz CT molecular complexity index is 905. The SMILES string of the molecule is Cc1cc(C)c2c(c1)C(=O)CC1(CCN(C(=O)CC34CC5CC(CC(C5)C3)C4)CC1)O2. The number of ketones is 1. The summed E-state index contributed by atoms with van der Waals surface area (Å²) in [6.45, 7) is 5.50. The van der Waals surface area contributed by atoms with Gasteiger partial charge in [0.15, 0.2) is 5.78 Å². The molecule has 4 nitrogen and oxygen atoms in total. The second-order valence-corrected chi connectivity index (χ2v) is 11.8. The molecular formula is C27H35NO3. The predicted octanol–water partition coefficient (Wildman–Crippen LogP) is 5.24. The van der Waals surface area contributed by atoms with Gasteiger partial charge in [-0.05, 0) is 92.7 Å². The molecule has 5 fully saturated rings. The number of amides is 1. The summed E-state index contributed by atoms with van der Waals surface area (Å²) in [5, 5.41) is 0. The van der Waals surface area contributed by atoms with Crippen LogP contribution in [0.15, 0.2) is 12.1 Å². The smallest absolute Gasteiger partial charge is 0.223 e. The van der Waals surface area contributed by atoms with Crippen LogP contribution in [0, 0.1) is 37.0 Å². The molecule has 0 aromatic heterocycles. The number of carbonyl (C=O) groups excluding carboxylic acids is 2. The van der Waals surface area contributed by atoms with E-state index in [-0.39, 0.29) is 5.78 Å². The van der Waals surface area contributed by atoms with Crippen molar-refractivity contribution in [1.29, 1.82) is 0 Å². The first-order chi connectivity index (χ1) is 14.8. The molecule has 1 aromatic rings. The maximum atomic E-state index is 13.3. The van der Waals surface area contributed by atoms with Crippen molar-refractivity contribution >= 4 is 11.7 Å². The topological polar surface area (TPSA) is 46.6 Å². The Morgan fingerprint density at radius 1 is 1.03 bits per heavy atom. The van der Waals surface area contributed by atoms with E-state index in [4.69, 9.17) is 4.74 Å². The van der Waals surface area contributed by atoms with Crippen LogP contribution in [0.1, 0.15) is 85.7 Å². The molecule has 1 aromatic carbocycles. The van der Waals surface area contributed by atoms with Crippen LogP contribution in [0.3, 0.4) is 0 Å². The fourth-order valence-corrected chi connectivity index (χ4v) is 8.32. The highest BCUT2D eigenvalue weighted by atomic mass is 16.5. The lowest BCUT2D eigenvalue weighted by molar-refractivity contribution is -0.142. The van der Waals surface area contributed by atoms with Gasteiger partial charge in [0.2, 0.25) is 5.91 Å². The molecule has 1 saturated heterocycles. The molecule has 166 valence electrons. The second-order valence-electron chi connectivity index (χ2n) is 11.8. The number of piperidine rings is 1. The second kappa shape index (κ2) is 6.83. The molecule has 0 N–H and O–H groups in total. The van der Waals surface area contributed by atoms with Crippen LogP contribution in [-0.4, -0.2) is 35.3 Å². The lowest BCUT2D eigenvalue weighted by Crippen LogP contribution is -2.54. The Kier molecular flexibility index (Phi) is 4.36. The minimum absolute atomic E-state index is 0.196. The highest BCUT2D eigenvalue weighted by Crippen LogP contribution is 2.61. The summed E-state index contributed by atoms with van der Waals surface area (Å²) in [6.07, 6.45) is 10.9. The molecule has 4 bridgehead atoms. The van der Waals surface area contributed by atoms with Crippen LogP contribution in [0.5, 0.6) is 5.75 Å². The molecule has 2 heterocycles. The summed E-state index contributed by atoms with van der Waals surface area (Å²) in [6, 6.07) is 4.05. The number of nitrogens with zero attached hydrogens (tertiary/aromatic N) is 1. The molecule has 1 amide bonds. The van der Waals surface area contributed by atoms with Gasteiger partial charge in [-0.15, -0.1) is 0 Å². The van der Waals surface area contributed by atoms with Crippen molar-refractivity contribution in [1.82, 2.24) is 4.90 Å². The Hall–Kier alpha value is -1.84. The van der Waals surface area contributed by atoms with Crippen LogP contribution in [0.25, 0.3) is 0 Å². The first kappa shape index (κ1) is 19.8. The van der Waals surface area contributed by atoms with Crippen molar-refractivity contribution in [2.24, 2.45) is 23.2 Å². The van der Waals surface area contributed by atoms with E-state index in [1.165, 1.54) is 38.5 Å². The molecule has 1 spiro atoms. The third-order valence-corrected chi connectivity index (χ3v) is 9.24. The third-order valence-electron chi connectivity index (χ3n) is 9.24. The zero-order valence-corrected chi connectivity index (χ0v) is 19.0. The summed E-state index contributed by atoms with van der Waals surface area (Å²) < 4.78 is 6.52. The number of rotatable bonds is 2. The molecular weight excluding hydrogens is 386 g/mol. The van der Waals surface area contributed by atoms with Crippen molar-refractivity contribution in [2.45, 2.75) is 83.7 Å². The van der Waals surface area contributed by atoms with Crippen LogP contribution in [0.2, 0.25) is 0 Å². The largest absolute Gasteiger partial charge is 0.486 e. The zero-order chi connectivity index (χ0) is 21.4. The number of fused-ring (bicyclic) bond motifs is 1. The van der Waals surface area contributed by atoms with E-state index in [9.17, 15) is 9.59 Å². The quantitative estimate of drug-likeness (QED) is 0.656. The summed E-state index contributed by atoms with van der Waals surface area (Å²) in [5.74, 6) is 3.98. The number of hydrogen-bond acceptors (Lipinski definition) is 3. The summed E-state index contributed by atoms with van der Waals surface area (Å²) in [7, 11) is 0. The minimum Gasteiger partial charge on any atom is -0.486 e. The van der Waals surface area contributed by atoms with Gasteiger partial charge in [0.25, 0.3) is 0 Å². The standard InChI is InChI=1S/C27H35NO3/c1-17-7-18(2)25-22(8-17)23(29)15-27(31-25)3-5-28(6-4-27)24(30)16-26-12-19-9-20(13-26)11-21(10-19)14-26/h7-8,19-21H,3-6,9-16H2,1-2H3. The van der Waals surface area contributed by atoms with Gasteiger partial charge in [0, 0.05) is 32.4 Å². The number of hydrogen-bond donors (Lipinski definition) is 0. The van der Waals surface area contributed by atoms with E-state index < -0.39 is 5.60 Å². The highest BCUT2D eigenvalue weighted by Gasteiger charge is 2.52. The molecule has 0 atom stereocenters. The summed E-state index contributed by atoms with van der Waals surface area (Å²) >= 11 is 0. The van der Waals surface area contributed by atoms with Crippen molar-refractivity contribution in [3.63, 3.8) is 0 Å². The molecule has 4 saturated carbocycles. The lowest BCUT2D eigenvalue weighted by Gasteiger charge is -2.57. The summed E-state index contributed by atoms with van der Waals surface area (Å²) in [5.41, 5.74) is 2.76. The monoisotopic (exact) mass is 421 g/mol. The van der Waals surface area contributed by atoms with Crippen LogP contribution >= 0.6 is 0 Å². The zero-order valence-electron chi connectivity index (χ0n) is 19.0. The summed E-state index contributed by atoms with van der Waals surface area (Å²) in [4.78, 5) is 28.3. The number of carbonyl (C=O) groups is 2. The van der Waals surface area contributed by atoms with Gasteiger partial charge < -0.3 is 9.64 Å². The fourth-order valence-electron chi connectivity index (χ4n) is 8.32. The van der Waals surface area contributed by atoms with Crippen molar-refractivity contribution in [2.75, 3.05) is 13.1 Å². The predicted molar refractivity (Wildman–Crippen MR) is 119 cm³/mol. The number of aryl methyl sites for hydroxylation is 2. The van der Waals surface area contributed by atoms with Gasteiger partial charge in [-0.2, -0.15) is 0 Å². The van der Waals surface area contributed by atoms with Gasteiger partial charge in [-0.1, -0.05) is 6.07 Å². The molecule has 2 aliphatic heterocycles. The van der Waals surface area contributed by atoms with Crippen molar-refractivity contribution < 1.29 is 14.3 Å². The fraction of sp³-hybridized carbons (Fsp3) is 0.704. The number of likely N-dealkylation sites (tertiary alicyclic amines) is 1.